The van der Waals surface area contributed by atoms with Crippen molar-refractivity contribution in [2.24, 2.45) is 0 Å². The summed E-state index contributed by atoms with van der Waals surface area (Å²) in [5.74, 6) is 0. The van der Waals surface area contributed by atoms with Crippen molar-refractivity contribution in [3.05, 3.63) is 0 Å². The highest BCUT2D eigenvalue weighted by Crippen LogP contribution is 2.58. The van der Waals surface area contributed by atoms with Crippen LogP contribution in [0.25, 0.3) is 0 Å². The van der Waals surface area contributed by atoms with E-state index in [1.54, 1.807) is 0 Å². The minimum Gasteiger partial charge on any atom is -0.308 e. The van der Waals surface area contributed by atoms with E-state index >= 15 is 0 Å². The van der Waals surface area contributed by atoms with Gasteiger partial charge in [0.2, 0.25) is 0 Å². The van der Waals surface area contributed by atoms with Crippen molar-refractivity contribution in [1.82, 2.24) is 0 Å². The molecule has 1 rings (SSSR count). The fraction of sp³-hybridized carbons (Fsp3) is 1.00. The first kappa shape index (κ1) is 17.2. The second kappa shape index (κ2) is 9.96. The zero-order valence-electron chi connectivity index (χ0n) is 12.7. The molecule has 19 heavy (non-hydrogen) atoms. The number of hydrogen-bond donors (Lipinski definition) is 0. The number of unbranched alkanes of at least 4 members (excludes halogenated alkanes) is 4. The SMILES string of the molecule is CCCCCOP(=O)(OCCCCC)C1CCCC1. The molecule has 4 heteroatoms. The molecule has 0 aromatic rings. The predicted molar refractivity (Wildman–Crippen MR) is 80.8 cm³/mol. The van der Waals surface area contributed by atoms with Gasteiger partial charge < -0.3 is 9.05 Å². The molecular weight excluding hydrogens is 259 g/mol. The third-order valence-electron chi connectivity index (χ3n) is 3.81. The van der Waals surface area contributed by atoms with E-state index in [2.05, 4.69) is 13.8 Å². The molecule has 0 amide bonds. The van der Waals surface area contributed by atoms with E-state index in [-0.39, 0.29) is 5.66 Å². The minimum absolute atomic E-state index is 0.163. The van der Waals surface area contributed by atoms with E-state index in [9.17, 15) is 4.57 Å². The minimum atomic E-state index is -2.85. The summed E-state index contributed by atoms with van der Waals surface area (Å²) in [5.41, 5.74) is 0.163. The highest BCUT2D eigenvalue weighted by Gasteiger charge is 2.37. The molecule has 114 valence electrons. The molecular formula is C15H31O3P. The maximum atomic E-state index is 12.9. The van der Waals surface area contributed by atoms with Gasteiger partial charge in [-0.05, 0) is 25.7 Å². The van der Waals surface area contributed by atoms with Gasteiger partial charge in [-0.2, -0.15) is 0 Å². The molecule has 1 aliphatic carbocycles. The molecule has 0 radical (unpaired) electrons. The van der Waals surface area contributed by atoms with Crippen LogP contribution in [0.1, 0.15) is 78.1 Å². The van der Waals surface area contributed by atoms with Gasteiger partial charge in [0.1, 0.15) is 0 Å². The van der Waals surface area contributed by atoms with Crippen LogP contribution in [0.15, 0.2) is 0 Å². The molecule has 0 unspecified atom stereocenters. The number of hydrogen-bond acceptors (Lipinski definition) is 3. The van der Waals surface area contributed by atoms with E-state index in [1.807, 2.05) is 0 Å². The average Bonchev–Trinajstić information content (AvgIpc) is 2.95. The van der Waals surface area contributed by atoms with Crippen LogP contribution in [0.4, 0.5) is 0 Å². The lowest BCUT2D eigenvalue weighted by molar-refractivity contribution is 0.191. The van der Waals surface area contributed by atoms with Crippen LogP contribution in [0.3, 0.4) is 0 Å². The van der Waals surface area contributed by atoms with Crippen LogP contribution in [-0.2, 0) is 13.6 Å². The Morgan fingerprint density at radius 1 is 0.895 bits per heavy atom. The van der Waals surface area contributed by atoms with E-state index in [1.165, 1.54) is 12.8 Å². The van der Waals surface area contributed by atoms with Gasteiger partial charge in [0.15, 0.2) is 0 Å². The van der Waals surface area contributed by atoms with Gasteiger partial charge in [-0.15, -0.1) is 0 Å². The third-order valence-corrected chi connectivity index (χ3v) is 6.31. The Morgan fingerprint density at radius 2 is 1.37 bits per heavy atom. The Kier molecular flexibility index (Phi) is 9.02. The Balaban J connectivity index is 2.39. The smallest absolute Gasteiger partial charge is 0.308 e. The van der Waals surface area contributed by atoms with Gasteiger partial charge >= 0.3 is 7.60 Å². The number of rotatable bonds is 11. The Bertz CT molecular complexity index is 246. The highest BCUT2D eigenvalue weighted by molar-refractivity contribution is 7.54. The highest BCUT2D eigenvalue weighted by atomic mass is 31.2. The van der Waals surface area contributed by atoms with Gasteiger partial charge in [-0.1, -0.05) is 52.4 Å². The third kappa shape index (κ3) is 6.42. The molecule has 0 heterocycles. The molecule has 1 aliphatic rings. The first-order valence-electron chi connectivity index (χ1n) is 8.11. The first-order valence-corrected chi connectivity index (χ1v) is 9.73. The van der Waals surface area contributed by atoms with Crippen molar-refractivity contribution in [2.75, 3.05) is 13.2 Å². The van der Waals surface area contributed by atoms with Crippen molar-refractivity contribution >= 4 is 7.60 Å². The molecule has 0 N–H and O–H groups in total. The molecule has 0 spiro atoms. The van der Waals surface area contributed by atoms with Crippen molar-refractivity contribution in [2.45, 2.75) is 83.7 Å². The van der Waals surface area contributed by atoms with Gasteiger partial charge in [0.25, 0.3) is 0 Å². The Labute approximate surface area is 119 Å². The van der Waals surface area contributed by atoms with Crippen LogP contribution in [0.5, 0.6) is 0 Å². The van der Waals surface area contributed by atoms with Crippen LogP contribution in [-0.4, -0.2) is 18.9 Å². The van der Waals surface area contributed by atoms with E-state index in [4.69, 9.17) is 9.05 Å². The Morgan fingerprint density at radius 3 is 1.79 bits per heavy atom. The molecule has 1 fully saturated rings. The summed E-state index contributed by atoms with van der Waals surface area (Å²) in [6.07, 6.45) is 11.0. The fourth-order valence-electron chi connectivity index (χ4n) is 2.56. The molecule has 0 saturated heterocycles. The van der Waals surface area contributed by atoms with Gasteiger partial charge in [-0.25, -0.2) is 0 Å². The second-order valence-corrected chi connectivity index (χ2v) is 7.89. The molecule has 0 aromatic carbocycles. The normalized spacial score (nSPS) is 17.2. The van der Waals surface area contributed by atoms with Gasteiger partial charge in [-0.3, -0.25) is 4.57 Å². The molecule has 0 aliphatic heterocycles. The largest absolute Gasteiger partial charge is 0.333 e. The van der Waals surface area contributed by atoms with Gasteiger partial charge in [0, 0.05) is 0 Å². The molecule has 0 bridgehead atoms. The molecule has 0 atom stereocenters. The van der Waals surface area contributed by atoms with E-state index in [0.29, 0.717) is 13.2 Å². The summed E-state index contributed by atoms with van der Waals surface area (Å²) in [5, 5.41) is 0. The van der Waals surface area contributed by atoms with Crippen molar-refractivity contribution in [1.29, 1.82) is 0 Å². The summed E-state index contributed by atoms with van der Waals surface area (Å²) < 4.78 is 24.4. The molecule has 3 nitrogen and oxygen atoms in total. The summed E-state index contributed by atoms with van der Waals surface area (Å²) in [6.45, 7) is 5.51. The van der Waals surface area contributed by atoms with Crippen LogP contribution >= 0.6 is 7.60 Å². The first-order chi connectivity index (χ1) is 9.23. The maximum Gasteiger partial charge on any atom is 0.333 e. The summed E-state index contributed by atoms with van der Waals surface area (Å²) in [4.78, 5) is 0. The lowest BCUT2D eigenvalue weighted by Gasteiger charge is -2.24. The van der Waals surface area contributed by atoms with Gasteiger partial charge in [0.05, 0.1) is 18.9 Å². The quantitative estimate of drug-likeness (QED) is 0.370. The Hall–Kier alpha value is 0.150. The van der Waals surface area contributed by atoms with E-state index in [0.717, 1.165) is 51.4 Å². The average molecular weight is 290 g/mol. The maximum absolute atomic E-state index is 12.9. The zero-order valence-corrected chi connectivity index (χ0v) is 13.6. The van der Waals surface area contributed by atoms with E-state index < -0.39 is 7.60 Å². The van der Waals surface area contributed by atoms with Crippen molar-refractivity contribution in [3.8, 4) is 0 Å². The molecule has 1 saturated carbocycles. The van der Waals surface area contributed by atoms with Crippen LogP contribution in [0, 0.1) is 0 Å². The summed E-state index contributed by atoms with van der Waals surface area (Å²) in [6, 6.07) is 0. The lowest BCUT2D eigenvalue weighted by atomic mass is 10.3. The summed E-state index contributed by atoms with van der Waals surface area (Å²) >= 11 is 0. The van der Waals surface area contributed by atoms with Crippen LogP contribution < -0.4 is 0 Å². The summed E-state index contributed by atoms with van der Waals surface area (Å²) in [7, 11) is -2.85. The molecule has 0 aromatic heterocycles. The topological polar surface area (TPSA) is 35.5 Å². The van der Waals surface area contributed by atoms with Crippen molar-refractivity contribution < 1.29 is 13.6 Å². The monoisotopic (exact) mass is 290 g/mol. The zero-order chi connectivity index (χ0) is 14.0. The van der Waals surface area contributed by atoms with Crippen LogP contribution in [0.2, 0.25) is 0 Å². The lowest BCUT2D eigenvalue weighted by Crippen LogP contribution is -2.11. The predicted octanol–water partition coefficient (Wildman–Crippen LogP) is 5.54. The standard InChI is InChI=1S/C15H31O3P/c1-3-5-9-13-17-19(16,15-11-7-8-12-15)18-14-10-6-4-2/h15H,3-14H2,1-2H3. The van der Waals surface area contributed by atoms with Crippen molar-refractivity contribution in [3.63, 3.8) is 0 Å². The fourth-order valence-corrected chi connectivity index (χ4v) is 4.82. The second-order valence-electron chi connectivity index (χ2n) is 5.56.